The summed E-state index contributed by atoms with van der Waals surface area (Å²) in [7, 11) is 0. The predicted molar refractivity (Wildman–Crippen MR) is 119 cm³/mol. The maximum atomic E-state index is 6.38. The van der Waals surface area contributed by atoms with Gasteiger partial charge in [0.15, 0.2) is 0 Å². The highest BCUT2D eigenvalue weighted by molar-refractivity contribution is 9.10. The summed E-state index contributed by atoms with van der Waals surface area (Å²) in [4.78, 5) is 0. The minimum atomic E-state index is 0.653. The van der Waals surface area contributed by atoms with E-state index in [0.717, 1.165) is 22.3 Å². The summed E-state index contributed by atoms with van der Waals surface area (Å²) in [6.45, 7) is 1.46. The van der Waals surface area contributed by atoms with E-state index < -0.39 is 0 Å². The van der Waals surface area contributed by atoms with Crippen LogP contribution in [-0.4, -0.2) is 4.57 Å². The maximum absolute atomic E-state index is 6.38. The first-order valence-corrected chi connectivity index (χ1v) is 10.1. The van der Waals surface area contributed by atoms with Gasteiger partial charge < -0.3 is 9.88 Å². The normalized spacial score (nSPS) is 11.1. The van der Waals surface area contributed by atoms with Crippen molar-refractivity contribution in [1.29, 1.82) is 0 Å². The molecule has 0 spiro atoms. The van der Waals surface area contributed by atoms with Crippen LogP contribution in [0.3, 0.4) is 0 Å². The summed E-state index contributed by atoms with van der Waals surface area (Å²) >= 11 is 15.9. The lowest BCUT2D eigenvalue weighted by Gasteiger charge is -2.08. The largest absolute Gasteiger partial charge is 0.381 e. The summed E-state index contributed by atoms with van der Waals surface area (Å²) in [6.07, 6.45) is 2.20. The van der Waals surface area contributed by atoms with Crippen LogP contribution in [0.4, 0.5) is 5.69 Å². The number of para-hydroxylation sites is 1. The Balaban J connectivity index is 1.63. The van der Waals surface area contributed by atoms with Crippen molar-refractivity contribution >= 4 is 55.7 Å². The first-order chi connectivity index (χ1) is 13.1. The summed E-state index contributed by atoms with van der Waals surface area (Å²) in [6, 6.07) is 22.3. The van der Waals surface area contributed by atoms with Gasteiger partial charge in [-0.25, -0.2) is 0 Å². The number of nitrogens with one attached hydrogen (secondary N) is 1. The number of fused-ring (bicyclic) bond motifs is 1. The Morgan fingerprint density at radius 1 is 0.889 bits per heavy atom. The van der Waals surface area contributed by atoms with E-state index in [1.807, 2.05) is 24.3 Å². The number of anilines is 1. The average molecular weight is 460 g/mol. The van der Waals surface area contributed by atoms with E-state index in [1.54, 1.807) is 6.07 Å². The van der Waals surface area contributed by atoms with E-state index in [0.29, 0.717) is 16.6 Å². The molecule has 0 amide bonds. The van der Waals surface area contributed by atoms with Crippen LogP contribution in [0.15, 0.2) is 77.4 Å². The van der Waals surface area contributed by atoms with Gasteiger partial charge in [-0.05, 0) is 53.6 Å². The molecule has 4 rings (SSSR count). The number of hydrogen-bond acceptors (Lipinski definition) is 1. The van der Waals surface area contributed by atoms with E-state index in [4.69, 9.17) is 23.2 Å². The quantitative estimate of drug-likeness (QED) is 0.329. The molecule has 0 saturated carbocycles. The molecule has 0 bridgehead atoms. The van der Waals surface area contributed by atoms with Crippen molar-refractivity contribution in [1.82, 2.24) is 4.57 Å². The minimum absolute atomic E-state index is 0.653. The number of benzene rings is 3. The highest BCUT2D eigenvalue weighted by atomic mass is 79.9. The van der Waals surface area contributed by atoms with Gasteiger partial charge in [-0.2, -0.15) is 0 Å². The molecule has 0 atom stereocenters. The monoisotopic (exact) mass is 458 g/mol. The standard InChI is InChI=1S/C22H17BrCl2N2/c23-17-6-9-19(10-7-17)26-12-16-14-27(22-4-2-1-3-20(16)22)13-15-5-8-18(24)11-21(15)25/h1-11,14,26H,12-13H2. The zero-order valence-electron chi connectivity index (χ0n) is 14.4. The Morgan fingerprint density at radius 2 is 1.67 bits per heavy atom. The molecule has 0 radical (unpaired) electrons. The molecule has 0 fully saturated rings. The van der Waals surface area contributed by atoms with Gasteiger partial charge in [0.05, 0.1) is 0 Å². The molecule has 2 nitrogen and oxygen atoms in total. The van der Waals surface area contributed by atoms with Crippen molar-refractivity contribution in [3.63, 3.8) is 0 Å². The Labute approximate surface area is 176 Å². The molecule has 0 aliphatic heterocycles. The fourth-order valence-corrected chi connectivity index (χ4v) is 3.93. The number of rotatable bonds is 5. The molecule has 0 aliphatic carbocycles. The Hall–Kier alpha value is -1.94. The lowest BCUT2D eigenvalue weighted by molar-refractivity contribution is 0.831. The molecule has 27 heavy (non-hydrogen) atoms. The van der Waals surface area contributed by atoms with Crippen molar-refractivity contribution in [3.8, 4) is 0 Å². The molecule has 136 valence electrons. The molecule has 5 heteroatoms. The summed E-state index contributed by atoms with van der Waals surface area (Å²) in [5, 5.41) is 6.08. The predicted octanol–water partition coefficient (Wildman–Crippen LogP) is 7.37. The molecular formula is C22H17BrCl2N2. The maximum Gasteiger partial charge on any atom is 0.0491 e. The van der Waals surface area contributed by atoms with Gasteiger partial charge in [-0.1, -0.05) is 63.4 Å². The fraction of sp³-hybridized carbons (Fsp3) is 0.0909. The van der Waals surface area contributed by atoms with Crippen molar-refractivity contribution in [2.75, 3.05) is 5.32 Å². The Morgan fingerprint density at radius 3 is 2.44 bits per heavy atom. The zero-order valence-corrected chi connectivity index (χ0v) is 17.5. The summed E-state index contributed by atoms with van der Waals surface area (Å²) < 4.78 is 3.31. The highest BCUT2D eigenvalue weighted by Crippen LogP contribution is 2.27. The topological polar surface area (TPSA) is 17.0 Å². The first-order valence-electron chi connectivity index (χ1n) is 8.60. The number of halogens is 3. The number of hydrogen-bond donors (Lipinski definition) is 1. The molecule has 0 aliphatic rings. The van der Waals surface area contributed by atoms with Crippen molar-refractivity contribution < 1.29 is 0 Å². The Kier molecular flexibility index (Phi) is 5.44. The van der Waals surface area contributed by atoms with Gasteiger partial charge in [0, 0.05) is 50.4 Å². The molecule has 4 aromatic rings. The average Bonchev–Trinajstić information content (AvgIpc) is 3.01. The smallest absolute Gasteiger partial charge is 0.0491 e. The van der Waals surface area contributed by atoms with Crippen molar-refractivity contribution in [3.05, 3.63) is 98.6 Å². The second-order valence-corrected chi connectivity index (χ2v) is 8.15. The van der Waals surface area contributed by atoms with Gasteiger partial charge in [0.25, 0.3) is 0 Å². The second-order valence-electron chi connectivity index (χ2n) is 6.40. The zero-order chi connectivity index (χ0) is 18.8. The summed E-state index contributed by atoms with van der Waals surface area (Å²) in [5.74, 6) is 0. The Bertz CT molecular complexity index is 1090. The molecule has 0 saturated heterocycles. The molecule has 3 aromatic carbocycles. The van der Waals surface area contributed by atoms with Crippen LogP contribution in [0.5, 0.6) is 0 Å². The van der Waals surface area contributed by atoms with E-state index in [9.17, 15) is 0 Å². The third-order valence-electron chi connectivity index (χ3n) is 4.55. The minimum Gasteiger partial charge on any atom is -0.381 e. The SMILES string of the molecule is Clc1ccc(Cn2cc(CNc3ccc(Br)cc3)c3ccccc32)c(Cl)c1. The van der Waals surface area contributed by atoms with E-state index in [2.05, 4.69) is 68.4 Å². The van der Waals surface area contributed by atoms with Crippen LogP contribution in [0.2, 0.25) is 10.0 Å². The number of nitrogens with zero attached hydrogens (tertiary/aromatic N) is 1. The van der Waals surface area contributed by atoms with Crippen molar-refractivity contribution in [2.24, 2.45) is 0 Å². The van der Waals surface area contributed by atoms with Crippen LogP contribution in [0.1, 0.15) is 11.1 Å². The van der Waals surface area contributed by atoms with Gasteiger partial charge >= 0.3 is 0 Å². The van der Waals surface area contributed by atoms with Crippen molar-refractivity contribution in [2.45, 2.75) is 13.1 Å². The van der Waals surface area contributed by atoms with Crippen LogP contribution >= 0.6 is 39.1 Å². The van der Waals surface area contributed by atoms with Gasteiger partial charge in [-0.3, -0.25) is 0 Å². The van der Waals surface area contributed by atoms with Gasteiger partial charge in [0.2, 0.25) is 0 Å². The number of aromatic nitrogens is 1. The first kappa shape index (κ1) is 18.4. The van der Waals surface area contributed by atoms with E-state index in [-0.39, 0.29) is 0 Å². The van der Waals surface area contributed by atoms with Gasteiger partial charge in [-0.15, -0.1) is 0 Å². The lowest BCUT2D eigenvalue weighted by Crippen LogP contribution is -2.00. The third-order valence-corrected chi connectivity index (χ3v) is 5.67. The van der Waals surface area contributed by atoms with E-state index >= 15 is 0 Å². The van der Waals surface area contributed by atoms with Gasteiger partial charge in [0.1, 0.15) is 0 Å². The third kappa shape index (κ3) is 4.16. The summed E-state index contributed by atoms with van der Waals surface area (Å²) in [5.41, 5.74) is 4.58. The molecule has 1 heterocycles. The lowest BCUT2D eigenvalue weighted by atomic mass is 10.1. The molecule has 1 N–H and O–H groups in total. The highest BCUT2D eigenvalue weighted by Gasteiger charge is 2.10. The molecule has 1 aromatic heterocycles. The fourth-order valence-electron chi connectivity index (χ4n) is 3.19. The van der Waals surface area contributed by atoms with Crippen LogP contribution in [-0.2, 0) is 13.1 Å². The molecular weight excluding hydrogens is 443 g/mol. The molecule has 0 unspecified atom stereocenters. The van der Waals surface area contributed by atoms with Crippen LogP contribution in [0.25, 0.3) is 10.9 Å². The van der Waals surface area contributed by atoms with E-state index in [1.165, 1.54) is 16.5 Å². The second kappa shape index (κ2) is 7.97. The van der Waals surface area contributed by atoms with Crippen LogP contribution < -0.4 is 5.32 Å². The van der Waals surface area contributed by atoms with Crippen LogP contribution in [0, 0.1) is 0 Å².